The number of hydrogen-bond acceptors (Lipinski definition) is 2. The fraction of sp³-hybridized carbons (Fsp3) is 0.385. The van der Waals surface area contributed by atoms with Gasteiger partial charge in [-0.1, -0.05) is 32.9 Å². The molecule has 0 saturated carbocycles. The van der Waals surface area contributed by atoms with E-state index in [0.717, 1.165) is 0 Å². The van der Waals surface area contributed by atoms with Gasteiger partial charge < -0.3 is 10.6 Å². The number of carbonyl (C=O) groups excluding carboxylic acids is 2. The third kappa shape index (κ3) is 2.16. The van der Waals surface area contributed by atoms with Gasteiger partial charge in [0, 0.05) is 0 Å². The van der Waals surface area contributed by atoms with Crippen molar-refractivity contribution in [1.82, 2.24) is 0 Å². The van der Waals surface area contributed by atoms with E-state index in [1.165, 1.54) is 0 Å². The number of amides is 2. The molecule has 0 unspecified atom stereocenters. The van der Waals surface area contributed by atoms with E-state index in [4.69, 9.17) is 0 Å². The predicted octanol–water partition coefficient (Wildman–Crippen LogP) is 2.24. The van der Waals surface area contributed by atoms with Gasteiger partial charge in [0.1, 0.15) is 5.92 Å². The maximum absolute atomic E-state index is 12.1. The van der Waals surface area contributed by atoms with Gasteiger partial charge in [0.15, 0.2) is 0 Å². The highest BCUT2D eigenvalue weighted by Gasteiger charge is 2.39. The molecule has 0 aromatic heterocycles. The van der Waals surface area contributed by atoms with Crippen molar-refractivity contribution in [3.63, 3.8) is 0 Å². The molecule has 0 atom stereocenters. The Morgan fingerprint density at radius 2 is 1.35 bits per heavy atom. The molecule has 0 bridgehead atoms. The Hall–Kier alpha value is -1.84. The Morgan fingerprint density at radius 1 is 0.941 bits per heavy atom. The minimum Gasteiger partial charge on any atom is -0.324 e. The second-order valence-corrected chi connectivity index (χ2v) is 5.32. The normalized spacial score (nSPS) is 16.9. The lowest BCUT2D eigenvalue weighted by Gasteiger charge is -2.26. The smallest absolute Gasteiger partial charge is 0.237 e. The van der Waals surface area contributed by atoms with Crippen LogP contribution in [0, 0.1) is 11.3 Å². The molecule has 2 rings (SSSR count). The Labute approximate surface area is 100 Å². The average Bonchev–Trinajstić information content (AvgIpc) is 2.30. The van der Waals surface area contributed by atoms with Gasteiger partial charge >= 0.3 is 0 Å². The summed E-state index contributed by atoms with van der Waals surface area (Å²) >= 11 is 0. The number of nitrogens with one attached hydrogen (secondary N) is 2. The molecule has 90 valence electrons. The standard InChI is InChI=1S/C13H16N2O2/c1-13(2,3)10-11(16)14-8-6-4-5-7-9(8)15-12(10)17/h4-7,10H,1-3H3,(H,14,16)(H,15,17). The van der Waals surface area contributed by atoms with Gasteiger partial charge in [0.2, 0.25) is 11.8 Å². The van der Waals surface area contributed by atoms with E-state index in [1.807, 2.05) is 32.9 Å². The number of benzene rings is 1. The van der Waals surface area contributed by atoms with Crippen LogP contribution in [0.3, 0.4) is 0 Å². The van der Waals surface area contributed by atoms with Gasteiger partial charge in [0.05, 0.1) is 11.4 Å². The molecule has 0 spiro atoms. The molecule has 0 saturated heterocycles. The first-order valence-corrected chi connectivity index (χ1v) is 5.60. The zero-order valence-electron chi connectivity index (χ0n) is 10.2. The monoisotopic (exact) mass is 232 g/mol. The molecule has 17 heavy (non-hydrogen) atoms. The second-order valence-electron chi connectivity index (χ2n) is 5.32. The van der Waals surface area contributed by atoms with Crippen molar-refractivity contribution in [2.45, 2.75) is 20.8 Å². The van der Waals surface area contributed by atoms with Crippen molar-refractivity contribution in [3.05, 3.63) is 24.3 Å². The largest absolute Gasteiger partial charge is 0.324 e. The summed E-state index contributed by atoms with van der Waals surface area (Å²) in [6, 6.07) is 7.20. The SMILES string of the molecule is CC(C)(C)C1C(=O)Nc2ccccc2NC1=O. The first-order valence-electron chi connectivity index (χ1n) is 5.60. The Morgan fingerprint density at radius 3 is 1.71 bits per heavy atom. The van der Waals surface area contributed by atoms with Crippen molar-refractivity contribution in [3.8, 4) is 0 Å². The van der Waals surface area contributed by atoms with Crippen LogP contribution in [0.25, 0.3) is 0 Å². The van der Waals surface area contributed by atoms with Gasteiger partial charge in [-0.2, -0.15) is 0 Å². The molecule has 1 aliphatic rings. The van der Waals surface area contributed by atoms with Crippen LogP contribution < -0.4 is 10.6 Å². The number of anilines is 2. The summed E-state index contributed by atoms with van der Waals surface area (Å²) in [5.74, 6) is -1.19. The average molecular weight is 232 g/mol. The second kappa shape index (κ2) is 3.87. The number of hydrogen-bond donors (Lipinski definition) is 2. The molecule has 0 radical (unpaired) electrons. The van der Waals surface area contributed by atoms with E-state index in [2.05, 4.69) is 10.6 Å². The van der Waals surface area contributed by atoms with Gasteiger partial charge in [-0.3, -0.25) is 9.59 Å². The zero-order valence-corrected chi connectivity index (χ0v) is 10.2. The fourth-order valence-corrected chi connectivity index (χ4v) is 2.02. The van der Waals surface area contributed by atoms with Crippen LogP contribution in [0.15, 0.2) is 24.3 Å². The molecular weight excluding hydrogens is 216 g/mol. The lowest BCUT2D eigenvalue weighted by molar-refractivity contribution is -0.133. The van der Waals surface area contributed by atoms with Crippen LogP contribution in [-0.2, 0) is 9.59 Å². The van der Waals surface area contributed by atoms with Crippen molar-refractivity contribution < 1.29 is 9.59 Å². The number of rotatable bonds is 0. The molecule has 1 aromatic carbocycles. The highest BCUT2D eigenvalue weighted by Crippen LogP contribution is 2.33. The molecule has 0 aliphatic carbocycles. The highest BCUT2D eigenvalue weighted by atomic mass is 16.2. The van der Waals surface area contributed by atoms with E-state index in [1.54, 1.807) is 12.1 Å². The van der Waals surface area contributed by atoms with Crippen molar-refractivity contribution in [2.75, 3.05) is 10.6 Å². The number of para-hydroxylation sites is 2. The Bertz CT molecular complexity index is 438. The molecule has 1 aromatic rings. The summed E-state index contributed by atoms with van der Waals surface area (Å²) in [4.78, 5) is 24.1. The van der Waals surface area contributed by atoms with Crippen LogP contribution >= 0.6 is 0 Å². The third-order valence-corrected chi connectivity index (χ3v) is 2.83. The van der Waals surface area contributed by atoms with Gasteiger partial charge in [-0.15, -0.1) is 0 Å². The van der Waals surface area contributed by atoms with E-state index >= 15 is 0 Å². The molecule has 0 fully saturated rings. The maximum atomic E-state index is 12.1. The molecule has 2 N–H and O–H groups in total. The summed E-state index contributed by atoms with van der Waals surface area (Å²) in [6.07, 6.45) is 0. The first kappa shape index (κ1) is 11.6. The van der Waals surface area contributed by atoms with Gasteiger partial charge in [0.25, 0.3) is 0 Å². The van der Waals surface area contributed by atoms with Crippen molar-refractivity contribution >= 4 is 23.2 Å². The third-order valence-electron chi connectivity index (χ3n) is 2.83. The van der Waals surface area contributed by atoms with Crippen LogP contribution in [0.1, 0.15) is 20.8 Å². The van der Waals surface area contributed by atoms with Crippen LogP contribution in [0.5, 0.6) is 0 Å². The van der Waals surface area contributed by atoms with E-state index in [-0.39, 0.29) is 11.8 Å². The van der Waals surface area contributed by atoms with Crippen molar-refractivity contribution in [1.29, 1.82) is 0 Å². The summed E-state index contributed by atoms with van der Waals surface area (Å²) in [5.41, 5.74) is 0.895. The number of fused-ring (bicyclic) bond motifs is 1. The van der Waals surface area contributed by atoms with Crippen molar-refractivity contribution in [2.24, 2.45) is 11.3 Å². The minimum absolute atomic E-state index is 0.250. The Kier molecular flexibility index (Phi) is 2.65. The predicted molar refractivity (Wildman–Crippen MR) is 66.6 cm³/mol. The van der Waals surface area contributed by atoms with E-state index in [0.29, 0.717) is 11.4 Å². The molecule has 1 aliphatic heterocycles. The van der Waals surface area contributed by atoms with Crippen LogP contribution in [0.2, 0.25) is 0 Å². The summed E-state index contributed by atoms with van der Waals surface area (Å²) < 4.78 is 0. The Balaban J connectivity index is 2.42. The van der Waals surface area contributed by atoms with E-state index < -0.39 is 11.3 Å². The quantitative estimate of drug-likeness (QED) is 0.674. The van der Waals surface area contributed by atoms with E-state index in [9.17, 15) is 9.59 Å². The molecule has 4 heteroatoms. The molecule has 2 amide bonds. The molecule has 1 heterocycles. The lowest BCUT2D eigenvalue weighted by Crippen LogP contribution is -2.40. The maximum Gasteiger partial charge on any atom is 0.237 e. The molecular formula is C13H16N2O2. The highest BCUT2D eigenvalue weighted by molar-refractivity contribution is 6.15. The summed E-state index contributed by atoms with van der Waals surface area (Å²) in [6.45, 7) is 5.65. The molecule has 4 nitrogen and oxygen atoms in total. The van der Waals surface area contributed by atoms with Crippen LogP contribution in [0.4, 0.5) is 11.4 Å². The van der Waals surface area contributed by atoms with Gasteiger partial charge in [-0.25, -0.2) is 0 Å². The number of carbonyl (C=O) groups is 2. The first-order chi connectivity index (χ1) is 7.89. The summed E-state index contributed by atoms with van der Waals surface area (Å²) in [7, 11) is 0. The lowest BCUT2D eigenvalue weighted by atomic mass is 9.79. The van der Waals surface area contributed by atoms with Gasteiger partial charge in [-0.05, 0) is 17.5 Å². The fourth-order valence-electron chi connectivity index (χ4n) is 2.02. The topological polar surface area (TPSA) is 58.2 Å². The zero-order chi connectivity index (χ0) is 12.6. The van der Waals surface area contributed by atoms with Crippen LogP contribution in [-0.4, -0.2) is 11.8 Å². The summed E-state index contributed by atoms with van der Waals surface area (Å²) in [5, 5.41) is 5.57. The minimum atomic E-state index is -0.685.